The molecular formula is C25H30N2O2. The van der Waals surface area contributed by atoms with Crippen molar-refractivity contribution >= 4 is 17.3 Å². The first-order chi connectivity index (χ1) is 14.3. The SMILES string of the molecule is O=C(Nc1ccc2c(c1)[C@H]1OCCC[C@H]1[C@H](C1CCCCC1)N2)c1ccccc1. The molecule has 0 radical (unpaired) electrons. The number of rotatable bonds is 3. The second-order valence-electron chi connectivity index (χ2n) is 8.79. The standard InChI is InChI=1S/C25H30N2O2/c28-25(18-10-5-2-6-11-18)26-19-13-14-22-21(16-19)24-20(12-7-15-29-24)23(27-22)17-8-3-1-4-9-17/h2,5-6,10-11,13-14,16-17,20,23-24,27H,1,3-4,7-9,12,15H2,(H,26,28)/t20-,23-,24-/m0/s1. The number of nitrogens with one attached hydrogen (secondary N) is 2. The molecule has 4 nitrogen and oxygen atoms in total. The molecule has 2 aromatic carbocycles. The maximum absolute atomic E-state index is 12.6. The normalized spacial score (nSPS) is 26.7. The van der Waals surface area contributed by atoms with Gasteiger partial charge in [0.2, 0.25) is 0 Å². The van der Waals surface area contributed by atoms with Gasteiger partial charge in [-0.15, -0.1) is 0 Å². The average Bonchev–Trinajstić information content (AvgIpc) is 2.80. The minimum absolute atomic E-state index is 0.0736. The van der Waals surface area contributed by atoms with Crippen molar-refractivity contribution < 1.29 is 9.53 Å². The first-order valence-electron chi connectivity index (χ1n) is 11.2. The molecule has 1 saturated carbocycles. The molecule has 0 unspecified atom stereocenters. The van der Waals surface area contributed by atoms with Gasteiger partial charge in [-0.1, -0.05) is 37.5 Å². The number of fused-ring (bicyclic) bond motifs is 3. The van der Waals surface area contributed by atoms with Crippen LogP contribution in [0.1, 0.15) is 67.0 Å². The summed E-state index contributed by atoms with van der Waals surface area (Å²) in [5.41, 5.74) is 3.89. The fraction of sp³-hybridized carbons (Fsp3) is 0.480. The van der Waals surface area contributed by atoms with Gasteiger partial charge in [-0.3, -0.25) is 4.79 Å². The zero-order chi connectivity index (χ0) is 19.6. The molecule has 2 aliphatic heterocycles. The summed E-state index contributed by atoms with van der Waals surface area (Å²) in [6.07, 6.45) is 9.28. The molecule has 5 rings (SSSR count). The van der Waals surface area contributed by atoms with Gasteiger partial charge in [0.1, 0.15) is 0 Å². The van der Waals surface area contributed by atoms with Gasteiger partial charge in [0.15, 0.2) is 0 Å². The van der Waals surface area contributed by atoms with E-state index in [4.69, 9.17) is 4.74 Å². The average molecular weight is 391 g/mol. The van der Waals surface area contributed by atoms with Crippen molar-refractivity contribution in [2.24, 2.45) is 11.8 Å². The fourth-order valence-corrected chi connectivity index (χ4v) is 5.54. The van der Waals surface area contributed by atoms with E-state index in [1.54, 1.807) is 0 Å². The zero-order valence-corrected chi connectivity index (χ0v) is 16.9. The fourth-order valence-electron chi connectivity index (χ4n) is 5.54. The van der Waals surface area contributed by atoms with E-state index < -0.39 is 0 Å². The predicted molar refractivity (Wildman–Crippen MR) is 116 cm³/mol. The first-order valence-corrected chi connectivity index (χ1v) is 11.2. The summed E-state index contributed by atoms with van der Waals surface area (Å²) >= 11 is 0. The van der Waals surface area contributed by atoms with E-state index in [2.05, 4.69) is 22.8 Å². The summed E-state index contributed by atoms with van der Waals surface area (Å²) in [7, 11) is 0. The Morgan fingerprint density at radius 2 is 1.79 bits per heavy atom. The highest BCUT2D eigenvalue weighted by atomic mass is 16.5. The lowest BCUT2D eigenvalue weighted by atomic mass is 9.71. The number of carbonyl (C=O) groups is 1. The molecule has 29 heavy (non-hydrogen) atoms. The van der Waals surface area contributed by atoms with Crippen LogP contribution in [-0.4, -0.2) is 18.6 Å². The Hall–Kier alpha value is -2.33. The molecule has 0 spiro atoms. The highest BCUT2D eigenvalue weighted by Crippen LogP contribution is 2.48. The van der Waals surface area contributed by atoms with Crippen LogP contribution in [-0.2, 0) is 4.74 Å². The van der Waals surface area contributed by atoms with Crippen LogP contribution >= 0.6 is 0 Å². The monoisotopic (exact) mass is 390 g/mol. The largest absolute Gasteiger partial charge is 0.381 e. The van der Waals surface area contributed by atoms with Crippen LogP contribution in [0.2, 0.25) is 0 Å². The third kappa shape index (κ3) is 3.78. The lowest BCUT2D eigenvalue weighted by molar-refractivity contribution is -0.0457. The summed E-state index contributed by atoms with van der Waals surface area (Å²) < 4.78 is 6.32. The Morgan fingerprint density at radius 3 is 2.62 bits per heavy atom. The second kappa shape index (κ2) is 8.19. The Kier molecular flexibility index (Phi) is 5.28. The molecule has 0 aromatic heterocycles. The van der Waals surface area contributed by atoms with Crippen molar-refractivity contribution in [1.29, 1.82) is 0 Å². The van der Waals surface area contributed by atoms with Crippen LogP contribution in [0.4, 0.5) is 11.4 Å². The maximum atomic E-state index is 12.6. The van der Waals surface area contributed by atoms with Crippen molar-refractivity contribution in [3.8, 4) is 0 Å². The van der Waals surface area contributed by atoms with Crippen LogP contribution in [0.15, 0.2) is 48.5 Å². The molecule has 3 atom stereocenters. The molecule has 0 bridgehead atoms. The van der Waals surface area contributed by atoms with Gasteiger partial charge in [-0.05, 0) is 61.9 Å². The lowest BCUT2D eigenvalue weighted by Crippen LogP contribution is -2.46. The number of carbonyl (C=O) groups excluding carboxylic acids is 1. The van der Waals surface area contributed by atoms with E-state index >= 15 is 0 Å². The number of amides is 1. The van der Waals surface area contributed by atoms with Crippen LogP contribution < -0.4 is 10.6 Å². The van der Waals surface area contributed by atoms with E-state index in [1.165, 1.54) is 49.8 Å². The number of benzene rings is 2. The number of ether oxygens (including phenoxy) is 1. The van der Waals surface area contributed by atoms with Gasteiger partial charge in [0, 0.05) is 41.1 Å². The van der Waals surface area contributed by atoms with Gasteiger partial charge in [0.05, 0.1) is 6.10 Å². The van der Waals surface area contributed by atoms with E-state index in [9.17, 15) is 4.79 Å². The summed E-state index contributed by atoms with van der Waals surface area (Å²) in [5.74, 6) is 1.21. The van der Waals surface area contributed by atoms with Gasteiger partial charge in [0.25, 0.3) is 5.91 Å². The summed E-state index contributed by atoms with van der Waals surface area (Å²) in [5, 5.41) is 6.94. The summed E-state index contributed by atoms with van der Waals surface area (Å²) in [6.45, 7) is 0.832. The quantitative estimate of drug-likeness (QED) is 0.698. The zero-order valence-electron chi connectivity index (χ0n) is 16.9. The minimum atomic E-state index is -0.0736. The predicted octanol–water partition coefficient (Wildman–Crippen LogP) is 5.78. The third-order valence-electron chi connectivity index (χ3n) is 6.96. The van der Waals surface area contributed by atoms with Crippen LogP contribution in [0.5, 0.6) is 0 Å². The first kappa shape index (κ1) is 18.7. The Balaban J connectivity index is 1.40. The number of hydrogen-bond acceptors (Lipinski definition) is 3. The van der Waals surface area contributed by atoms with Crippen molar-refractivity contribution in [1.82, 2.24) is 0 Å². The lowest BCUT2D eigenvalue weighted by Gasteiger charge is -2.47. The minimum Gasteiger partial charge on any atom is -0.381 e. The van der Waals surface area contributed by atoms with Crippen molar-refractivity contribution in [3.05, 3.63) is 59.7 Å². The summed E-state index contributed by atoms with van der Waals surface area (Å²) in [4.78, 5) is 12.6. The third-order valence-corrected chi connectivity index (χ3v) is 6.96. The topological polar surface area (TPSA) is 50.4 Å². The number of hydrogen-bond donors (Lipinski definition) is 2. The van der Waals surface area contributed by atoms with Gasteiger partial charge in [-0.25, -0.2) is 0 Å². The van der Waals surface area contributed by atoms with Crippen LogP contribution in [0.3, 0.4) is 0 Å². The van der Waals surface area contributed by atoms with Gasteiger partial charge < -0.3 is 15.4 Å². The van der Waals surface area contributed by atoms with E-state index in [0.717, 1.165) is 24.6 Å². The summed E-state index contributed by atoms with van der Waals surface area (Å²) in [6, 6.07) is 16.1. The Bertz CT molecular complexity index is 860. The van der Waals surface area contributed by atoms with Gasteiger partial charge >= 0.3 is 0 Å². The van der Waals surface area contributed by atoms with E-state index in [1.807, 2.05) is 36.4 Å². The van der Waals surface area contributed by atoms with E-state index in [-0.39, 0.29) is 12.0 Å². The molecule has 1 saturated heterocycles. The highest BCUT2D eigenvalue weighted by Gasteiger charge is 2.42. The van der Waals surface area contributed by atoms with E-state index in [0.29, 0.717) is 17.5 Å². The highest BCUT2D eigenvalue weighted by molar-refractivity contribution is 6.04. The molecular weight excluding hydrogens is 360 g/mol. The van der Waals surface area contributed by atoms with Crippen LogP contribution in [0, 0.1) is 11.8 Å². The molecule has 2 fully saturated rings. The Morgan fingerprint density at radius 1 is 0.966 bits per heavy atom. The second-order valence-corrected chi connectivity index (χ2v) is 8.79. The molecule has 3 aliphatic rings. The molecule has 4 heteroatoms. The molecule has 2 heterocycles. The molecule has 1 amide bonds. The Labute approximate surface area is 173 Å². The van der Waals surface area contributed by atoms with Crippen molar-refractivity contribution in [3.63, 3.8) is 0 Å². The van der Waals surface area contributed by atoms with Gasteiger partial charge in [-0.2, -0.15) is 0 Å². The van der Waals surface area contributed by atoms with Crippen LogP contribution in [0.25, 0.3) is 0 Å². The molecule has 2 N–H and O–H groups in total. The molecule has 2 aromatic rings. The van der Waals surface area contributed by atoms with Crippen molar-refractivity contribution in [2.75, 3.05) is 17.2 Å². The molecule has 1 aliphatic carbocycles. The molecule has 152 valence electrons. The smallest absolute Gasteiger partial charge is 0.255 e. The van der Waals surface area contributed by atoms with Crippen molar-refractivity contribution in [2.45, 2.75) is 57.1 Å². The maximum Gasteiger partial charge on any atom is 0.255 e. The number of anilines is 2.